The number of nitrogens with one attached hydrogen (secondary N) is 2. The third kappa shape index (κ3) is 5.46. The van der Waals surface area contributed by atoms with Crippen LogP contribution in [0.5, 0.6) is 5.75 Å². The van der Waals surface area contributed by atoms with Crippen LogP contribution in [0.4, 0.5) is 16.6 Å². The molecule has 1 saturated heterocycles. The van der Waals surface area contributed by atoms with Gasteiger partial charge in [0.2, 0.25) is 5.91 Å². The second-order valence-corrected chi connectivity index (χ2v) is 9.77. The van der Waals surface area contributed by atoms with Gasteiger partial charge in [-0.25, -0.2) is 4.98 Å². The Morgan fingerprint density at radius 3 is 2.63 bits per heavy atom. The first-order valence-corrected chi connectivity index (χ1v) is 12.4. The van der Waals surface area contributed by atoms with Crippen LogP contribution in [0.15, 0.2) is 30.6 Å². The zero-order chi connectivity index (χ0) is 25.1. The summed E-state index contributed by atoms with van der Waals surface area (Å²) in [4.78, 5) is 34.7. The van der Waals surface area contributed by atoms with Crippen molar-refractivity contribution in [3.8, 4) is 5.75 Å². The van der Waals surface area contributed by atoms with Crippen molar-refractivity contribution in [3.05, 3.63) is 46.6 Å². The van der Waals surface area contributed by atoms with E-state index in [4.69, 9.17) is 0 Å². The number of aromatic hydroxyl groups is 1. The van der Waals surface area contributed by atoms with Crippen LogP contribution in [0.25, 0.3) is 0 Å². The number of piperazine rings is 1. The minimum Gasteiger partial charge on any atom is -0.508 e. The number of thiazole rings is 1. The molecule has 10 nitrogen and oxygen atoms in total. The molecule has 1 aliphatic rings. The molecule has 0 radical (unpaired) electrons. The molecule has 1 aromatic carbocycles. The van der Waals surface area contributed by atoms with Gasteiger partial charge >= 0.3 is 0 Å². The molecule has 11 heteroatoms. The largest absolute Gasteiger partial charge is 0.508 e. The van der Waals surface area contributed by atoms with Gasteiger partial charge in [-0.15, -0.1) is 0 Å². The van der Waals surface area contributed by atoms with Crippen LogP contribution < -0.4 is 10.6 Å². The van der Waals surface area contributed by atoms with Crippen LogP contribution in [0.1, 0.15) is 40.2 Å². The monoisotopic (exact) mass is 497 g/mol. The molecule has 0 aliphatic carbocycles. The number of aromatic nitrogens is 3. The summed E-state index contributed by atoms with van der Waals surface area (Å²) in [6, 6.07) is 4.79. The lowest BCUT2D eigenvalue weighted by molar-refractivity contribution is -0.136. The fraction of sp³-hybridized carbons (Fsp3) is 0.417. The number of nitrogens with zero attached hydrogens (tertiary/aromatic N) is 5. The van der Waals surface area contributed by atoms with Gasteiger partial charge in [0.1, 0.15) is 16.7 Å². The summed E-state index contributed by atoms with van der Waals surface area (Å²) in [5.74, 6) is 0.461. The van der Waals surface area contributed by atoms with E-state index in [2.05, 4.69) is 32.7 Å². The van der Waals surface area contributed by atoms with Crippen molar-refractivity contribution >= 4 is 39.8 Å². The van der Waals surface area contributed by atoms with E-state index >= 15 is 0 Å². The van der Waals surface area contributed by atoms with Gasteiger partial charge in [-0.3, -0.25) is 14.3 Å². The third-order valence-electron chi connectivity index (χ3n) is 6.26. The van der Waals surface area contributed by atoms with Crippen LogP contribution in [-0.4, -0.2) is 74.7 Å². The molecule has 3 heterocycles. The zero-order valence-electron chi connectivity index (χ0n) is 20.4. The number of amides is 2. The molecule has 0 saturated carbocycles. The number of phenols is 1. The summed E-state index contributed by atoms with van der Waals surface area (Å²) >= 11 is 1.20. The Kier molecular flexibility index (Phi) is 7.37. The first kappa shape index (κ1) is 24.7. The van der Waals surface area contributed by atoms with Crippen molar-refractivity contribution < 1.29 is 14.7 Å². The van der Waals surface area contributed by atoms with E-state index in [9.17, 15) is 14.7 Å². The Morgan fingerprint density at radius 1 is 1.17 bits per heavy atom. The molecule has 2 aromatic heterocycles. The number of benzene rings is 1. The van der Waals surface area contributed by atoms with Crippen molar-refractivity contribution in [2.24, 2.45) is 0 Å². The van der Waals surface area contributed by atoms with E-state index in [1.54, 1.807) is 36.0 Å². The molecular weight excluding hydrogens is 466 g/mol. The van der Waals surface area contributed by atoms with Gasteiger partial charge in [0, 0.05) is 44.0 Å². The lowest BCUT2D eigenvalue weighted by Crippen LogP contribution is -2.49. The summed E-state index contributed by atoms with van der Waals surface area (Å²) < 4.78 is 1.69. The van der Waals surface area contributed by atoms with Crippen molar-refractivity contribution in [2.75, 3.05) is 43.9 Å². The van der Waals surface area contributed by atoms with Gasteiger partial charge < -0.3 is 25.5 Å². The number of rotatable bonds is 7. The van der Waals surface area contributed by atoms with E-state index in [1.807, 2.05) is 18.7 Å². The minimum absolute atomic E-state index is 0.0843. The van der Waals surface area contributed by atoms with Gasteiger partial charge in [0.25, 0.3) is 5.91 Å². The number of phenolic OH excluding ortho intramolecular Hbond substituents is 1. The van der Waals surface area contributed by atoms with Crippen LogP contribution in [0, 0.1) is 13.8 Å². The van der Waals surface area contributed by atoms with Gasteiger partial charge in [0.15, 0.2) is 10.9 Å². The molecule has 35 heavy (non-hydrogen) atoms. The summed E-state index contributed by atoms with van der Waals surface area (Å²) in [5.41, 5.74) is 2.06. The van der Waals surface area contributed by atoms with Crippen molar-refractivity contribution in [3.63, 3.8) is 0 Å². The summed E-state index contributed by atoms with van der Waals surface area (Å²) in [6.45, 7) is 8.81. The molecule has 1 aliphatic heterocycles. The van der Waals surface area contributed by atoms with Crippen molar-refractivity contribution in [1.82, 2.24) is 24.6 Å². The predicted molar refractivity (Wildman–Crippen MR) is 137 cm³/mol. The third-order valence-corrected chi connectivity index (χ3v) is 7.17. The summed E-state index contributed by atoms with van der Waals surface area (Å²) in [5, 5.41) is 21.0. The van der Waals surface area contributed by atoms with Crippen LogP contribution >= 0.6 is 11.3 Å². The first-order chi connectivity index (χ1) is 16.8. The van der Waals surface area contributed by atoms with Gasteiger partial charge in [-0.05, 0) is 38.9 Å². The number of aryl methyl sites for hydroxylation is 1. The van der Waals surface area contributed by atoms with E-state index in [0.29, 0.717) is 33.5 Å². The van der Waals surface area contributed by atoms with Crippen LogP contribution in [0.3, 0.4) is 0 Å². The van der Waals surface area contributed by atoms with Crippen LogP contribution in [0.2, 0.25) is 0 Å². The van der Waals surface area contributed by atoms with Gasteiger partial charge in [0.05, 0.1) is 11.9 Å². The van der Waals surface area contributed by atoms with Crippen molar-refractivity contribution in [2.45, 2.75) is 33.2 Å². The maximum absolute atomic E-state index is 13.1. The quantitative estimate of drug-likeness (QED) is 0.458. The van der Waals surface area contributed by atoms with Crippen LogP contribution in [-0.2, 0) is 4.79 Å². The molecule has 1 atom stereocenters. The Hall–Kier alpha value is -3.44. The van der Waals surface area contributed by atoms with E-state index in [1.165, 1.54) is 17.5 Å². The normalized spacial score (nSPS) is 15.1. The number of carbonyl (C=O) groups is 2. The number of hydrogen-bond acceptors (Lipinski definition) is 8. The molecule has 3 aromatic rings. The maximum Gasteiger partial charge on any atom is 0.267 e. The lowest BCUT2D eigenvalue weighted by Gasteiger charge is -2.34. The molecule has 0 bridgehead atoms. The van der Waals surface area contributed by atoms with E-state index in [0.717, 1.165) is 31.7 Å². The maximum atomic E-state index is 13.1. The number of hydrogen-bond donors (Lipinski definition) is 3. The highest BCUT2D eigenvalue weighted by Crippen LogP contribution is 2.29. The average Bonchev–Trinajstić information content (AvgIpc) is 3.50. The average molecular weight is 498 g/mol. The van der Waals surface area contributed by atoms with E-state index < -0.39 is 0 Å². The second-order valence-electron chi connectivity index (χ2n) is 8.74. The molecule has 0 spiro atoms. The molecule has 3 N–H and O–H groups in total. The smallest absolute Gasteiger partial charge is 0.267 e. The Labute approximate surface area is 208 Å². The highest BCUT2D eigenvalue weighted by Gasteiger charge is 2.27. The van der Waals surface area contributed by atoms with E-state index in [-0.39, 0.29) is 23.6 Å². The molecular formula is C24H31N7O3S. The number of likely N-dealkylation sites (N-methyl/N-ethyl adjacent to an activating group) is 1. The highest BCUT2D eigenvalue weighted by molar-refractivity contribution is 7.17. The summed E-state index contributed by atoms with van der Waals surface area (Å²) in [6.07, 6.45) is 3.93. The van der Waals surface area contributed by atoms with Gasteiger partial charge in [-0.2, -0.15) is 5.10 Å². The lowest BCUT2D eigenvalue weighted by atomic mass is 10.1. The predicted octanol–water partition coefficient (Wildman–Crippen LogP) is 3.38. The van der Waals surface area contributed by atoms with Gasteiger partial charge in [-0.1, -0.05) is 24.3 Å². The Bertz CT molecular complexity index is 1210. The second kappa shape index (κ2) is 10.4. The molecule has 2 amide bonds. The molecule has 1 unspecified atom stereocenters. The summed E-state index contributed by atoms with van der Waals surface area (Å²) in [7, 11) is 2.06. The zero-order valence-corrected chi connectivity index (χ0v) is 21.2. The topological polar surface area (TPSA) is 116 Å². The molecule has 4 rings (SSSR count). The highest BCUT2D eigenvalue weighted by atomic mass is 32.1. The fourth-order valence-corrected chi connectivity index (χ4v) is 4.76. The Morgan fingerprint density at radius 2 is 1.91 bits per heavy atom. The minimum atomic E-state index is -0.361. The number of anilines is 3. The number of carbonyl (C=O) groups excluding carboxylic acids is 2. The Balaban J connectivity index is 1.41. The standard InChI is InChI=1S/C24H31N7O3S/c1-5-17(23(34)30-12-10-29(4)11-13-30)31-9-8-20(28-31)26-24-25-14-19(35-24)22(33)27-21-15(2)6-7-18(32)16(21)3/h6-9,14,17,32H,5,10-13H2,1-4H3,(H,27,33)(H,25,26,28). The SMILES string of the molecule is CCC(C(=O)N1CCN(C)CC1)n1ccc(Nc2ncc(C(=O)Nc3c(C)ccc(O)c3C)s2)n1. The fourth-order valence-electron chi connectivity index (χ4n) is 4.04. The first-order valence-electron chi connectivity index (χ1n) is 11.6. The van der Waals surface area contributed by atoms with Crippen molar-refractivity contribution in [1.29, 1.82) is 0 Å². The molecule has 186 valence electrons. The molecule has 1 fully saturated rings.